The molecule has 1 aliphatic rings. The van der Waals surface area contributed by atoms with Gasteiger partial charge in [-0.3, -0.25) is 15.1 Å². The van der Waals surface area contributed by atoms with Crippen LogP contribution in [0.25, 0.3) is 0 Å². The van der Waals surface area contributed by atoms with E-state index in [4.69, 9.17) is 4.74 Å². The van der Waals surface area contributed by atoms with E-state index in [1.165, 1.54) is 35.5 Å². The van der Waals surface area contributed by atoms with E-state index >= 15 is 0 Å². The number of hydrogen-bond donors (Lipinski definition) is 1. The summed E-state index contributed by atoms with van der Waals surface area (Å²) in [5.74, 6) is 3.75. The topological polar surface area (TPSA) is 107 Å². The number of carbonyl (C=O) groups is 3. The molecule has 0 radical (unpaired) electrons. The summed E-state index contributed by atoms with van der Waals surface area (Å²) in [6.45, 7) is -3.41. The predicted molar refractivity (Wildman–Crippen MR) is 109 cm³/mol. The number of alkyl halides is 2. The van der Waals surface area contributed by atoms with Gasteiger partial charge in [-0.15, -0.1) is 0 Å². The van der Waals surface area contributed by atoms with Gasteiger partial charge in [-0.05, 0) is 29.8 Å². The lowest BCUT2D eigenvalue weighted by molar-refractivity contribution is -0.146. The number of amides is 2. The van der Waals surface area contributed by atoms with Gasteiger partial charge in [0, 0.05) is 30.1 Å². The molecule has 0 saturated carbocycles. The van der Waals surface area contributed by atoms with E-state index in [2.05, 4.69) is 31.6 Å². The summed E-state index contributed by atoms with van der Waals surface area (Å²) in [5.41, 5.74) is -0.885. The van der Waals surface area contributed by atoms with Crippen LogP contribution in [0, 0.1) is 11.8 Å². The molecule has 2 aromatic rings. The average Bonchev–Trinajstić information content (AvgIpc) is 3.11. The third-order valence-corrected chi connectivity index (χ3v) is 4.73. The van der Waals surface area contributed by atoms with Crippen LogP contribution in [0.5, 0.6) is 5.75 Å². The summed E-state index contributed by atoms with van der Waals surface area (Å²) in [7, 11) is 2.21. The summed E-state index contributed by atoms with van der Waals surface area (Å²) in [6.07, 6.45) is 2.02. The second-order valence-corrected chi connectivity index (χ2v) is 6.86. The number of methoxy groups -OCH3 is 2. The van der Waals surface area contributed by atoms with Gasteiger partial charge in [0.2, 0.25) is 5.54 Å². The van der Waals surface area contributed by atoms with Crippen molar-refractivity contribution >= 4 is 18.0 Å². The van der Waals surface area contributed by atoms with Crippen molar-refractivity contribution < 1.29 is 37.4 Å². The maximum absolute atomic E-state index is 13.0. The quantitative estimate of drug-likeness (QED) is 0.520. The van der Waals surface area contributed by atoms with Gasteiger partial charge in [-0.25, -0.2) is 9.59 Å². The number of carbonyl (C=O) groups excluding carboxylic acids is 3. The molecule has 0 saturated heterocycles. The first-order chi connectivity index (χ1) is 15.8. The standard InChI is InChI=1S/C22H19F2N3O6/c1-31-19(29)22(26-21(30)32-2,8-7-14-4-3-9-25-11-14)13-27-12-15-5-6-16(33-20(23)24)10-17(15)18(27)28/h3-6,9-11,20H,12-13H2,1-2H3,(H,26,30)/t22-/m1/s1. The van der Waals surface area contributed by atoms with Crippen molar-refractivity contribution in [3.05, 3.63) is 59.4 Å². The van der Waals surface area contributed by atoms with Gasteiger partial charge < -0.3 is 19.1 Å². The van der Waals surface area contributed by atoms with E-state index in [0.717, 1.165) is 14.2 Å². The molecule has 0 bridgehead atoms. The van der Waals surface area contributed by atoms with Gasteiger partial charge in [0.15, 0.2) is 0 Å². The number of fused-ring (bicyclic) bond motifs is 1. The highest BCUT2D eigenvalue weighted by atomic mass is 19.3. The van der Waals surface area contributed by atoms with E-state index in [9.17, 15) is 23.2 Å². The highest BCUT2D eigenvalue weighted by Crippen LogP contribution is 2.29. The third kappa shape index (κ3) is 5.35. The minimum Gasteiger partial charge on any atom is -0.466 e. The maximum Gasteiger partial charge on any atom is 0.408 e. The minimum atomic E-state index is -3.05. The largest absolute Gasteiger partial charge is 0.466 e. The van der Waals surface area contributed by atoms with Crippen LogP contribution in [-0.2, 0) is 20.8 Å². The van der Waals surface area contributed by atoms with Crippen LogP contribution >= 0.6 is 0 Å². The van der Waals surface area contributed by atoms with E-state index in [1.807, 2.05) is 0 Å². The Bertz CT molecular complexity index is 1120. The number of alkyl carbamates (subject to hydrolysis) is 1. The Morgan fingerprint density at radius 1 is 1.27 bits per heavy atom. The number of hydrogen-bond acceptors (Lipinski definition) is 7. The summed E-state index contributed by atoms with van der Waals surface area (Å²) in [5, 5.41) is 2.37. The van der Waals surface area contributed by atoms with Crippen molar-refractivity contribution in [1.29, 1.82) is 0 Å². The Kier molecular flexibility index (Phi) is 7.07. The number of benzene rings is 1. The number of aromatic nitrogens is 1. The van der Waals surface area contributed by atoms with Crippen molar-refractivity contribution in [3.8, 4) is 17.6 Å². The first kappa shape index (κ1) is 23.5. The molecule has 1 N–H and O–H groups in total. The van der Waals surface area contributed by atoms with Gasteiger partial charge >= 0.3 is 18.7 Å². The first-order valence-corrected chi connectivity index (χ1v) is 9.52. The highest BCUT2D eigenvalue weighted by Gasteiger charge is 2.45. The number of esters is 1. The summed E-state index contributed by atoms with van der Waals surface area (Å²) in [6, 6.07) is 7.25. The number of nitrogens with one attached hydrogen (secondary N) is 1. The maximum atomic E-state index is 13.0. The highest BCUT2D eigenvalue weighted by molar-refractivity contribution is 6.00. The molecule has 1 aromatic carbocycles. The molecule has 0 fully saturated rings. The van der Waals surface area contributed by atoms with Gasteiger partial charge in [0.25, 0.3) is 5.91 Å². The molecule has 33 heavy (non-hydrogen) atoms. The SMILES string of the molecule is COC(=O)N[C@](C#Cc1cccnc1)(CN1Cc2ccc(OC(F)F)cc2C1=O)C(=O)OC. The normalized spacial score (nSPS) is 14.0. The molecule has 0 spiro atoms. The smallest absolute Gasteiger partial charge is 0.408 e. The van der Waals surface area contributed by atoms with E-state index < -0.39 is 36.7 Å². The number of ether oxygens (including phenoxy) is 3. The summed E-state index contributed by atoms with van der Waals surface area (Å²) in [4.78, 5) is 43.0. The molecule has 2 heterocycles. The number of halogens is 2. The second kappa shape index (κ2) is 9.95. The van der Waals surface area contributed by atoms with Crippen LogP contribution in [0.1, 0.15) is 21.5 Å². The van der Waals surface area contributed by atoms with E-state index in [0.29, 0.717) is 11.1 Å². The molecule has 11 heteroatoms. The van der Waals surface area contributed by atoms with Crippen molar-refractivity contribution in [2.24, 2.45) is 0 Å². The van der Waals surface area contributed by atoms with Crippen molar-refractivity contribution in [3.63, 3.8) is 0 Å². The summed E-state index contributed by atoms with van der Waals surface area (Å²) < 4.78 is 38.9. The fraction of sp³-hybridized carbons (Fsp3) is 0.273. The number of pyridine rings is 1. The zero-order valence-corrected chi connectivity index (χ0v) is 17.6. The zero-order valence-electron chi connectivity index (χ0n) is 17.6. The van der Waals surface area contributed by atoms with Gasteiger partial charge in [-0.2, -0.15) is 8.78 Å². The van der Waals surface area contributed by atoms with Crippen LogP contribution in [0.2, 0.25) is 0 Å². The van der Waals surface area contributed by atoms with E-state index in [-0.39, 0.29) is 17.9 Å². The lowest BCUT2D eigenvalue weighted by Crippen LogP contribution is -2.60. The molecule has 1 atom stereocenters. The van der Waals surface area contributed by atoms with Crippen LogP contribution in [0.3, 0.4) is 0 Å². The van der Waals surface area contributed by atoms with Crippen molar-refractivity contribution in [2.45, 2.75) is 18.7 Å². The summed E-state index contributed by atoms with van der Waals surface area (Å²) >= 11 is 0. The molecule has 2 amide bonds. The Labute approximate surface area is 187 Å². The van der Waals surface area contributed by atoms with Crippen molar-refractivity contribution in [1.82, 2.24) is 15.2 Å². The molecular weight excluding hydrogens is 440 g/mol. The second-order valence-electron chi connectivity index (χ2n) is 6.86. The van der Waals surface area contributed by atoms with Crippen LogP contribution < -0.4 is 10.1 Å². The third-order valence-electron chi connectivity index (χ3n) is 4.73. The van der Waals surface area contributed by atoms with E-state index in [1.54, 1.807) is 12.1 Å². The lowest BCUT2D eigenvalue weighted by Gasteiger charge is -2.30. The molecule has 1 aliphatic heterocycles. The minimum absolute atomic E-state index is 0.0410. The predicted octanol–water partition coefficient (Wildman–Crippen LogP) is 1.96. The van der Waals surface area contributed by atoms with Crippen molar-refractivity contribution in [2.75, 3.05) is 20.8 Å². The van der Waals surface area contributed by atoms with Gasteiger partial charge in [0.1, 0.15) is 5.75 Å². The molecule has 9 nitrogen and oxygen atoms in total. The Balaban J connectivity index is 1.97. The van der Waals surface area contributed by atoms with Gasteiger partial charge in [0.05, 0.1) is 20.8 Å². The molecule has 3 rings (SSSR count). The van der Waals surface area contributed by atoms with Gasteiger partial charge in [-0.1, -0.05) is 17.9 Å². The Morgan fingerprint density at radius 3 is 2.70 bits per heavy atom. The number of nitrogens with zero attached hydrogens (tertiary/aromatic N) is 2. The number of rotatable bonds is 6. The fourth-order valence-corrected chi connectivity index (χ4v) is 3.22. The van der Waals surface area contributed by atoms with Crippen LogP contribution in [0.4, 0.5) is 13.6 Å². The van der Waals surface area contributed by atoms with Crippen LogP contribution in [0.15, 0.2) is 42.7 Å². The lowest BCUT2D eigenvalue weighted by atomic mass is 9.99. The Morgan fingerprint density at radius 2 is 2.06 bits per heavy atom. The molecular formula is C22H19F2N3O6. The first-order valence-electron chi connectivity index (χ1n) is 9.52. The monoisotopic (exact) mass is 459 g/mol. The fourth-order valence-electron chi connectivity index (χ4n) is 3.22. The average molecular weight is 459 g/mol. The zero-order chi connectivity index (χ0) is 24.0. The molecule has 172 valence electrons. The molecule has 0 unspecified atom stereocenters. The van der Waals surface area contributed by atoms with Crippen LogP contribution in [-0.4, -0.2) is 60.8 Å². The Hall–Kier alpha value is -4.20. The molecule has 0 aliphatic carbocycles. The molecule has 1 aromatic heterocycles.